The first-order valence-corrected chi connectivity index (χ1v) is 6.59. The molecular formula is C15H20N2O2. The Labute approximate surface area is 113 Å². The molecule has 0 saturated carbocycles. The van der Waals surface area contributed by atoms with E-state index in [0.717, 1.165) is 36.4 Å². The molecule has 0 bridgehead atoms. The van der Waals surface area contributed by atoms with Crippen molar-refractivity contribution in [2.45, 2.75) is 25.8 Å². The van der Waals surface area contributed by atoms with E-state index in [9.17, 15) is 4.79 Å². The molecule has 1 atom stereocenters. The molecule has 2 N–H and O–H groups in total. The molecule has 0 radical (unpaired) electrons. The molecule has 102 valence electrons. The second-order valence-corrected chi connectivity index (χ2v) is 4.71. The lowest BCUT2D eigenvalue weighted by Gasteiger charge is -2.14. The lowest BCUT2D eigenvalue weighted by Crippen LogP contribution is -2.35. The van der Waals surface area contributed by atoms with Crippen LogP contribution in [0.2, 0.25) is 0 Å². The minimum Gasteiger partial charge on any atom is -0.490 e. The standard InChI is InChI=1S/C15H20N2O2/c1-3-9-19-12-6-7-13(11(2)10-12)17-15(18)14-5-4-8-16-14/h3,6-7,10,14,16H,1,4-5,8-9H2,2H3,(H,17,18). The molecule has 0 aromatic heterocycles. The van der Waals surface area contributed by atoms with Crippen molar-refractivity contribution in [3.05, 3.63) is 36.4 Å². The summed E-state index contributed by atoms with van der Waals surface area (Å²) in [5.74, 6) is 0.828. The number of carbonyl (C=O) groups excluding carboxylic acids is 1. The molecule has 19 heavy (non-hydrogen) atoms. The van der Waals surface area contributed by atoms with Crippen LogP contribution in [-0.4, -0.2) is 25.1 Å². The maximum atomic E-state index is 12.0. The van der Waals surface area contributed by atoms with E-state index in [4.69, 9.17) is 4.74 Å². The lowest BCUT2D eigenvalue weighted by atomic mass is 10.1. The van der Waals surface area contributed by atoms with Crippen LogP contribution in [0.15, 0.2) is 30.9 Å². The first kappa shape index (κ1) is 13.6. The summed E-state index contributed by atoms with van der Waals surface area (Å²) in [5.41, 5.74) is 1.83. The van der Waals surface area contributed by atoms with E-state index in [0.29, 0.717) is 6.61 Å². The normalized spacial score (nSPS) is 18.1. The second-order valence-electron chi connectivity index (χ2n) is 4.71. The van der Waals surface area contributed by atoms with Crippen molar-refractivity contribution in [1.82, 2.24) is 5.32 Å². The summed E-state index contributed by atoms with van der Waals surface area (Å²) in [5, 5.41) is 6.15. The molecular weight excluding hydrogens is 240 g/mol. The zero-order valence-electron chi connectivity index (χ0n) is 11.2. The number of ether oxygens (including phenoxy) is 1. The van der Waals surface area contributed by atoms with E-state index in [1.165, 1.54) is 0 Å². The van der Waals surface area contributed by atoms with E-state index in [1.54, 1.807) is 6.08 Å². The Morgan fingerprint density at radius 3 is 3.11 bits per heavy atom. The fourth-order valence-corrected chi connectivity index (χ4v) is 2.15. The van der Waals surface area contributed by atoms with Crippen molar-refractivity contribution in [2.75, 3.05) is 18.5 Å². The zero-order valence-corrected chi connectivity index (χ0v) is 11.2. The van der Waals surface area contributed by atoms with Gasteiger partial charge < -0.3 is 15.4 Å². The minimum absolute atomic E-state index is 0.0420. The molecule has 1 unspecified atom stereocenters. The van der Waals surface area contributed by atoms with Crippen LogP contribution < -0.4 is 15.4 Å². The predicted molar refractivity (Wildman–Crippen MR) is 76.5 cm³/mol. The Balaban J connectivity index is 1.99. The molecule has 1 aliphatic heterocycles. The fourth-order valence-electron chi connectivity index (χ4n) is 2.15. The highest BCUT2D eigenvalue weighted by molar-refractivity contribution is 5.95. The third-order valence-corrected chi connectivity index (χ3v) is 3.20. The summed E-state index contributed by atoms with van der Waals surface area (Å²) in [7, 11) is 0. The highest BCUT2D eigenvalue weighted by Crippen LogP contribution is 2.22. The first-order chi connectivity index (χ1) is 9.20. The van der Waals surface area contributed by atoms with Crippen LogP contribution in [0, 0.1) is 6.92 Å². The number of aryl methyl sites for hydroxylation is 1. The molecule has 4 nitrogen and oxygen atoms in total. The summed E-state index contributed by atoms with van der Waals surface area (Å²) in [6, 6.07) is 5.59. The van der Waals surface area contributed by atoms with Gasteiger partial charge in [0, 0.05) is 5.69 Å². The van der Waals surface area contributed by atoms with Crippen molar-refractivity contribution >= 4 is 11.6 Å². The van der Waals surface area contributed by atoms with Gasteiger partial charge in [0.05, 0.1) is 6.04 Å². The van der Waals surface area contributed by atoms with Gasteiger partial charge in [-0.1, -0.05) is 12.7 Å². The molecule has 1 aliphatic rings. The molecule has 2 rings (SSSR count). The van der Waals surface area contributed by atoms with Crippen molar-refractivity contribution in [3.63, 3.8) is 0 Å². The van der Waals surface area contributed by atoms with Crippen LogP contribution in [-0.2, 0) is 4.79 Å². The number of hydrogen-bond donors (Lipinski definition) is 2. The lowest BCUT2D eigenvalue weighted by molar-refractivity contribution is -0.117. The van der Waals surface area contributed by atoms with Crippen molar-refractivity contribution < 1.29 is 9.53 Å². The number of rotatable bonds is 5. The van der Waals surface area contributed by atoms with Gasteiger partial charge in [-0.05, 0) is 50.1 Å². The quantitative estimate of drug-likeness (QED) is 0.798. The van der Waals surface area contributed by atoms with Gasteiger partial charge in [-0.15, -0.1) is 0 Å². The monoisotopic (exact) mass is 260 g/mol. The third kappa shape index (κ3) is 3.58. The number of benzene rings is 1. The molecule has 1 saturated heterocycles. The predicted octanol–water partition coefficient (Wildman–Crippen LogP) is 2.25. The summed E-state index contributed by atoms with van der Waals surface area (Å²) in [4.78, 5) is 12.0. The Hall–Kier alpha value is -1.81. The Morgan fingerprint density at radius 2 is 2.47 bits per heavy atom. The first-order valence-electron chi connectivity index (χ1n) is 6.59. The summed E-state index contributed by atoms with van der Waals surface area (Å²) in [6.07, 6.45) is 3.67. The molecule has 4 heteroatoms. The van der Waals surface area contributed by atoms with Crippen LogP contribution in [0.3, 0.4) is 0 Å². The van der Waals surface area contributed by atoms with Crippen LogP contribution in [0.4, 0.5) is 5.69 Å². The van der Waals surface area contributed by atoms with Crippen LogP contribution in [0.1, 0.15) is 18.4 Å². The van der Waals surface area contributed by atoms with Crippen LogP contribution in [0.25, 0.3) is 0 Å². The van der Waals surface area contributed by atoms with Gasteiger partial charge in [0.2, 0.25) is 5.91 Å². The SMILES string of the molecule is C=CCOc1ccc(NC(=O)C2CCCN2)c(C)c1. The van der Waals surface area contributed by atoms with Crippen LogP contribution >= 0.6 is 0 Å². The second kappa shape index (κ2) is 6.38. The van der Waals surface area contributed by atoms with Crippen molar-refractivity contribution in [1.29, 1.82) is 0 Å². The van der Waals surface area contributed by atoms with E-state index in [1.807, 2.05) is 25.1 Å². The molecule has 0 spiro atoms. The smallest absolute Gasteiger partial charge is 0.241 e. The maximum Gasteiger partial charge on any atom is 0.241 e. The number of hydrogen-bond acceptors (Lipinski definition) is 3. The van der Waals surface area contributed by atoms with Gasteiger partial charge >= 0.3 is 0 Å². The highest BCUT2D eigenvalue weighted by Gasteiger charge is 2.22. The molecule has 0 aliphatic carbocycles. The average molecular weight is 260 g/mol. The van der Waals surface area contributed by atoms with Gasteiger partial charge in [0.1, 0.15) is 12.4 Å². The molecule has 1 fully saturated rings. The van der Waals surface area contributed by atoms with Gasteiger partial charge in [0.15, 0.2) is 0 Å². The summed E-state index contributed by atoms with van der Waals surface area (Å²) in [6.45, 7) is 6.97. The summed E-state index contributed by atoms with van der Waals surface area (Å²) < 4.78 is 5.45. The number of anilines is 1. The largest absolute Gasteiger partial charge is 0.490 e. The van der Waals surface area contributed by atoms with Gasteiger partial charge in [0.25, 0.3) is 0 Å². The topological polar surface area (TPSA) is 50.4 Å². The third-order valence-electron chi connectivity index (χ3n) is 3.20. The Bertz CT molecular complexity index is 465. The van der Waals surface area contributed by atoms with Gasteiger partial charge in [-0.2, -0.15) is 0 Å². The van der Waals surface area contributed by atoms with E-state index in [-0.39, 0.29) is 11.9 Å². The van der Waals surface area contributed by atoms with E-state index in [2.05, 4.69) is 17.2 Å². The number of carbonyl (C=O) groups is 1. The van der Waals surface area contributed by atoms with Gasteiger partial charge in [-0.3, -0.25) is 4.79 Å². The van der Waals surface area contributed by atoms with E-state index >= 15 is 0 Å². The van der Waals surface area contributed by atoms with E-state index < -0.39 is 0 Å². The summed E-state index contributed by atoms with van der Waals surface area (Å²) >= 11 is 0. The fraction of sp³-hybridized carbons (Fsp3) is 0.400. The highest BCUT2D eigenvalue weighted by atomic mass is 16.5. The molecule has 1 heterocycles. The van der Waals surface area contributed by atoms with Crippen molar-refractivity contribution in [2.24, 2.45) is 0 Å². The zero-order chi connectivity index (χ0) is 13.7. The Morgan fingerprint density at radius 1 is 1.63 bits per heavy atom. The Kier molecular flexibility index (Phi) is 4.58. The number of nitrogens with one attached hydrogen (secondary N) is 2. The maximum absolute atomic E-state index is 12.0. The average Bonchev–Trinajstić information content (AvgIpc) is 2.93. The molecule has 1 aromatic rings. The number of amides is 1. The van der Waals surface area contributed by atoms with Crippen LogP contribution in [0.5, 0.6) is 5.75 Å². The molecule has 1 aromatic carbocycles. The minimum atomic E-state index is -0.0592. The molecule has 1 amide bonds. The van der Waals surface area contributed by atoms with Gasteiger partial charge in [-0.25, -0.2) is 0 Å². The van der Waals surface area contributed by atoms with Crippen molar-refractivity contribution in [3.8, 4) is 5.75 Å².